The first-order valence-electron chi connectivity index (χ1n) is 6.28. The molecule has 0 aliphatic rings. The summed E-state index contributed by atoms with van der Waals surface area (Å²) in [5.74, 6) is -0.755. The summed E-state index contributed by atoms with van der Waals surface area (Å²) < 4.78 is 0. The van der Waals surface area contributed by atoms with Gasteiger partial charge in [-0.15, -0.1) is 0 Å². The molecule has 1 rings (SSSR count). The Balaban J connectivity index is 3.53. The van der Waals surface area contributed by atoms with E-state index >= 15 is 0 Å². The Bertz CT molecular complexity index is 671. The van der Waals surface area contributed by atoms with Crippen LogP contribution in [0.15, 0.2) is 17.3 Å². The van der Waals surface area contributed by atoms with E-state index in [2.05, 4.69) is 5.16 Å². The third kappa shape index (κ3) is 4.18. The Hall–Kier alpha value is -3.11. The van der Waals surface area contributed by atoms with Crippen molar-refractivity contribution in [3.63, 3.8) is 0 Å². The van der Waals surface area contributed by atoms with Gasteiger partial charge in [0, 0.05) is 5.41 Å². The van der Waals surface area contributed by atoms with Crippen molar-refractivity contribution < 1.29 is 19.6 Å². The van der Waals surface area contributed by atoms with Crippen molar-refractivity contribution in [1.29, 1.82) is 0 Å². The molecule has 0 N–H and O–H groups in total. The number of non-ortho nitro benzene ring substituents is 1. The van der Waals surface area contributed by atoms with E-state index in [1.165, 1.54) is 0 Å². The van der Waals surface area contributed by atoms with Crippen LogP contribution >= 0.6 is 0 Å². The highest BCUT2D eigenvalue weighted by Gasteiger charge is 2.33. The van der Waals surface area contributed by atoms with Crippen molar-refractivity contribution in [2.24, 2.45) is 10.6 Å². The SMILES string of the molecule is C/C(=N\Oc1c([N+](=O)[O-])cc([N+](=O)[O-])cc1[N+](=O)[O-])C(C)(C)C. The number of hydrogen-bond acceptors (Lipinski definition) is 8. The van der Waals surface area contributed by atoms with Crippen LogP contribution in [0.1, 0.15) is 27.7 Å². The molecule has 124 valence electrons. The molecule has 0 aliphatic heterocycles. The van der Waals surface area contributed by atoms with Gasteiger partial charge in [-0.25, -0.2) is 0 Å². The monoisotopic (exact) mass is 326 g/mol. The minimum absolute atomic E-state index is 0.426. The van der Waals surface area contributed by atoms with Crippen LogP contribution in [0.3, 0.4) is 0 Å². The highest BCUT2D eigenvalue weighted by molar-refractivity contribution is 5.86. The molecule has 0 atom stereocenters. The fourth-order valence-electron chi connectivity index (χ4n) is 1.31. The Kier molecular flexibility index (Phi) is 4.94. The molecule has 1 aromatic rings. The third-order valence-electron chi connectivity index (χ3n) is 3.00. The van der Waals surface area contributed by atoms with Gasteiger partial charge in [0.05, 0.1) is 32.6 Å². The summed E-state index contributed by atoms with van der Waals surface area (Å²) in [5.41, 5.74) is -2.59. The second kappa shape index (κ2) is 6.34. The molecule has 0 heterocycles. The minimum Gasteiger partial charge on any atom is -0.342 e. The van der Waals surface area contributed by atoms with Crippen LogP contribution < -0.4 is 4.84 Å². The van der Waals surface area contributed by atoms with Crippen LogP contribution in [-0.4, -0.2) is 20.5 Å². The van der Waals surface area contributed by atoms with Crippen molar-refractivity contribution >= 4 is 22.8 Å². The van der Waals surface area contributed by atoms with E-state index in [0.717, 1.165) is 0 Å². The van der Waals surface area contributed by atoms with Crippen molar-refractivity contribution in [2.75, 3.05) is 0 Å². The zero-order valence-corrected chi connectivity index (χ0v) is 12.8. The summed E-state index contributed by atoms with van der Waals surface area (Å²) >= 11 is 0. The van der Waals surface area contributed by atoms with E-state index in [4.69, 9.17) is 4.84 Å². The Morgan fingerprint density at radius 3 is 1.74 bits per heavy atom. The molecule has 11 nitrogen and oxygen atoms in total. The topological polar surface area (TPSA) is 151 Å². The van der Waals surface area contributed by atoms with Crippen molar-refractivity contribution in [3.05, 3.63) is 42.5 Å². The lowest BCUT2D eigenvalue weighted by Crippen LogP contribution is -2.17. The molecule has 0 saturated carbocycles. The molecule has 0 aliphatic carbocycles. The van der Waals surface area contributed by atoms with Gasteiger partial charge < -0.3 is 4.84 Å². The Labute approximate surface area is 130 Å². The molecule has 0 radical (unpaired) electrons. The van der Waals surface area contributed by atoms with Gasteiger partial charge in [-0.1, -0.05) is 25.9 Å². The van der Waals surface area contributed by atoms with Gasteiger partial charge in [0.25, 0.3) is 5.69 Å². The Morgan fingerprint density at radius 2 is 1.43 bits per heavy atom. The van der Waals surface area contributed by atoms with E-state index in [0.29, 0.717) is 17.8 Å². The first-order chi connectivity index (χ1) is 10.4. The second-order valence-electron chi connectivity index (χ2n) is 5.60. The van der Waals surface area contributed by atoms with Gasteiger partial charge in [0.1, 0.15) is 0 Å². The summed E-state index contributed by atoms with van der Waals surface area (Å²) in [6.07, 6.45) is 0. The average molecular weight is 326 g/mol. The van der Waals surface area contributed by atoms with Gasteiger partial charge in [-0.05, 0) is 6.92 Å². The lowest BCUT2D eigenvalue weighted by molar-refractivity contribution is -0.404. The van der Waals surface area contributed by atoms with Crippen molar-refractivity contribution in [2.45, 2.75) is 27.7 Å². The van der Waals surface area contributed by atoms with E-state index in [1.54, 1.807) is 27.7 Å². The molecule has 0 aromatic heterocycles. The van der Waals surface area contributed by atoms with Gasteiger partial charge in [0.15, 0.2) is 0 Å². The fraction of sp³-hybridized carbons (Fsp3) is 0.417. The van der Waals surface area contributed by atoms with Crippen molar-refractivity contribution in [1.82, 2.24) is 0 Å². The van der Waals surface area contributed by atoms with E-state index < -0.39 is 43.0 Å². The second-order valence-corrected chi connectivity index (χ2v) is 5.60. The standard InChI is InChI=1S/C12H14N4O7/c1-7(12(2,3)4)13-23-11-9(15(19)20)5-8(14(17)18)6-10(11)16(21)22/h5-6H,1-4H3/b13-7+. The first kappa shape index (κ1) is 17.9. The molecule has 0 fully saturated rings. The summed E-state index contributed by atoms with van der Waals surface area (Å²) in [4.78, 5) is 34.8. The number of oxime groups is 1. The van der Waals surface area contributed by atoms with E-state index in [-0.39, 0.29) is 0 Å². The Morgan fingerprint density at radius 1 is 1.00 bits per heavy atom. The minimum atomic E-state index is -1.00. The molecule has 0 amide bonds. The number of benzene rings is 1. The molecule has 0 saturated heterocycles. The molecule has 1 aromatic carbocycles. The first-order valence-corrected chi connectivity index (χ1v) is 6.28. The van der Waals surface area contributed by atoms with Crippen LogP contribution in [0.5, 0.6) is 5.75 Å². The summed E-state index contributed by atoms with van der Waals surface area (Å²) in [7, 11) is 0. The highest BCUT2D eigenvalue weighted by atomic mass is 16.7. The number of nitro benzene ring substituents is 3. The quantitative estimate of drug-likeness (QED) is 0.457. The van der Waals surface area contributed by atoms with Crippen LogP contribution in [0.25, 0.3) is 0 Å². The third-order valence-corrected chi connectivity index (χ3v) is 3.00. The fourth-order valence-corrected chi connectivity index (χ4v) is 1.31. The molecular weight excluding hydrogens is 312 g/mol. The van der Waals surface area contributed by atoms with Crippen LogP contribution in [0.2, 0.25) is 0 Å². The van der Waals surface area contributed by atoms with E-state index in [9.17, 15) is 30.3 Å². The number of rotatable bonds is 5. The van der Waals surface area contributed by atoms with Gasteiger partial charge in [0.2, 0.25) is 0 Å². The predicted octanol–water partition coefficient (Wildman–Crippen LogP) is 3.21. The maximum Gasteiger partial charge on any atom is 0.328 e. The number of nitrogens with zero attached hydrogens (tertiary/aromatic N) is 4. The lowest BCUT2D eigenvalue weighted by atomic mass is 9.91. The molecule has 0 spiro atoms. The van der Waals surface area contributed by atoms with Crippen molar-refractivity contribution in [3.8, 4) is 5.75 Å². The summed E-state index contributed by atoms with van der Waals surface area (Å²) in [6, 6.07) is 1.18. The maximum absolute atomic E-state index is 11.0. The molecular formula is C12H14N4O7. The van der Waals surface area contributed by atoms with E-state index in [1.807, 2.05) is 0 Å². The van der Waals surface area contributed by atoms with Gasteiger partial charge in [-0.3, -0.25) is 30.3 Å². The largest absolute Gasteiger partial charge is 0.342 e. The molecule has 23 heavy (non-hydrogen) atoms. The zero-order chi connectivity index (χ0) is 17.9. The average Bonchev–Trinajstić information content (AvgIpc) is 2.42. The smallest absolute Gasteiger partial charge is 0.328 e. The van der Waals surface area contributed by atoms with Crippen LogP contribution in [0, 0.1) is 35.8 Å². The predicted molar refractivity (Wildman–Crippen MR) is 79.6 cm³/mol. The van der Waals surface area contributed by atoms with Crippen LogP contribution in [-0.2, 0) is 0 Å². The summed E-state index contributed by atoms with van der Waals surface area (Å²) in [6.45, 7) is 6.98. The molecule has 0 bridgehead atoms. The summed E-state index contributed by atoms with van der Waals surface area (Å²) in [5, 5.41) is 36.5. The normalized spacial score (nSPS) is 11.9. The molecule has 0 unspecified atom stereocenters. The maximum atomic E-state index is 11.0. The highest BCUT2D eigenvalue weighted by Crippen LogP contribution is 2.40. The van der Waals surface area contributed by atoms with Gasteiger partial charge >= 0.3 is 17.1 Å². The van der Waals surface area contributed by atoms with Gasteiger partial charge in [-0.2, -0.15) is 0 Å². The molecule has 11 heteroatoms. The lowest BCUT2D eigenvalue weighted by Gasteiger charge is -2.16. The number of hydrogen-bond donors (Lipinski definition) is 0. The van der Waals surface area contributed by atoms with Crippen LogP contribution in [0.4, 0.5) is 17.1 Å². The zero-order valence-electron chi connectivity index (χ0n) is 12.8. The number of nitro groups is 3.